The Kier molecular flexibility index (Phi) is 5.28. The number of fused-ring (bicyclic) bond motifs is 2. The van der Waals surface area contributed by atoms with Crippen LogP contribution in [-0.4, -0.2) is 54.9 Å². The van der Waals surface area contributed by atoms with E-state index in [2.05, 4.69) is 4.90 Å². The molecule has 0 aromatic heterocycles. The summed E-state index contributed by atoms with van der Waals surface area (Å²) >= 11 is 26.7. The second-order valence-corrected chi connectivity index (χ2v) is 8.29. The predicted octanol–water partition coefficient (Wildman–Crippen LogP) is 4.16. The molecule has 1 saturated heterocycles. The minimum absolute atomic E-state index is 0.270. The van der Waals surface area contributed by atoms with E-state index in [0.717, 1.165) is 11.3 Å². The standard InChI is InChI=1S/C17H19Cl4NO3/c1-23-12-6-4-11(5-7-12)8-22-9-15(20)13(18)14(19)16(21,10-22)17(15,24-2)25-3/h4-7H,8-10H2,1-3H3. The van der Waals surface area contributed by atoms with Crippen molar-refractivity contribution in [3.63, 3.8) is 0 Å². The summed E-state index contributed by atoms with van der Waals surface area (Å²) in [6.07, 6.45) is 0. The van der Waals surface area contributed by atoms with Gasteiger partial charge >= 0.3 is 0 Å². The predicted molar refractivity (Wildman–Crippen MR) is 101 cm³/mol. The molecule has 25 heavy (non-hydrogen) atoms. The van der Waals surface area contributed by atoms with Gasteiger partial charge in [-0.15, -0.1) is 23.2 Å². The van der Waals surface area contributed by atoms with Gasteiger partial charge in [0.25, 0.3) is 0 Å². The molecule has 2 bridgehead atoms. The van der Waals surface area contributed by atoms with Crippen molar-refractivity contribution in [2.24, 2.45) is 0 Å². The largest absolute Gasteiger partial charge is 0.497 e. The molecule has 4 nitrogen and oxygen atoms in total. The number of likely N-dealkylation sites (tertiary alicyclic amines) is 1. The lowest BCUT2D eigenvalue weighted by Crippen LogP contribution is -2.71. The molecule has 1 aliphatic carbocycles. The average Bonchev–Trinajstić information content (AvgIpc) is 2.66. The van der Waals surface area contributed by atoms with Gasteiger partial charge in [0.15, 0.2) is 0 Å². The number of alkyl halides is 2. The minimum atomic E-state index is -1.34. The van der Waals surface area contributed by atoms with Crippen molar-refractivity contribution in [2.75, 3.05) is 34.4 Å². The third kappa shape index (κ3) is 2.61. The van der Waals surface area contributed by atoms with E-state index in [4.69, 9.17) is 60.6 Å². The van der Waals surface area contributed by atoms with E-state index < -0.39 is 15.5 Å². The van der Waals surface area contributed by atoms with Gasteiger partial charge in [-0.2, -0.15) is 0 Å². The Bertz CT molecular complexity index is 662. The molecule has 1 aliphatic heterocycles. The van der Waals surface area contributed by atoms with Crippen LogP contribution >= 0.6 is 46.4 Å². The van der Waals surface area contributed by atoms with E-state index in [0.29, 0.717) is 19.6 Å². The number of halogens is 4. The fraction of sp³-hybridized carbons (Fsp3) is 0.529. The molecule has 0 spiro atoms. The van der Waals surface area contributed by atoms with Gasteiger partial charge in [-0.25, -0.2) is 0 Å². The number of hydrogen-bond acceptors (Lipinski definition) is 4. The van der Waals surface area contributed by atoms with Crippen molar-refractivity contribution in [3.8, 4) is 5.75 Å². The summed E-state index contributed by atoms with van der Waals surface area (Å²) in [6.45, 7) is 1.39. The highest BCUT2D eigenvalue weighted by Gasteiger charge is 2.75. The SMILES string of the molecule is COc1ccc(CN2CC3(Cl)C(Cl)=C(Cl)C(Cl)(C2)C3(OC)OC)cc1. The molecule has 1 fully saturated rings. The van der Waals surface area contributed by atoms with Gasteiger partial charge in [0.05, 0.1) is 17.2 Å². The number of hydrogen-bond donors (Lipinski definition) is 0. The molecule has 1 aromatic rings. The van der Waals surface area contributed by atoms with Gasteiger partial charge in [-0.3, -0.25) is 4.90 Å². The molecule has 0 saturated carbocycles. The lowest BCUT2D eigenvalue weighted by Gasteiger charge is -2.53. The van der Waals surface area contributed by atoms with E-state index >= 15 is 0 Å². The second kappa shape index (κ2) is 6.75. The molecule has 0 amide bonds. The number of methoxy groups -OCH3 is 3. The number of rotatable bonds is 5. The summed E-state index contributed by atoms with van der Waals surface area (Å²) in [4.78, 5) is -0.293. The summed E-state index contributed by atoms with van der Waals surface area (Å²) in [5.74, 6) is -0.538. The number of ether oxygens (including phenoxy) is 3. The van der Waals surface area contributed by atoms with Crippen LogP contribution in [0.4, 0.5) is 0 Å². The Morgan fingerprint density at radius 1 is 0.920 bits per heavy atom. The fourth-order valence-corrected chi connectivity index (χ4v) is 5.80. The van der Waals surface area contributed by atoms with Crippen molar-refractivity contribution < 1.29 is 14.2 Å². The van der Waals surface area contributed by atoms with E-state index in [-0.39, 0.29) is 10.1 Å². The highest BCUT2D eigenvalue weighted by molar-refractivity contribution is 6.51. The molecule has 0 radical (unpaired) electrons. The van der Waals surface area contributed by atoms with Gasteiger partial charge in [0.2, 0.25) is 5.79 Å². The first-order valence-electron chi connectivity index (χ1n) is 7.67. The van der Waals surface area contributed by atoms with Crippen LogP contribution in [0.1, 0.15) is 5.56 Å². The Labute approximate surface area is 167 Å². The maximum atomic E-state index is 6.90. The van der Waals surface area contributed by atoms with Crippen molar-refractivity contribution in [3.05, 3.63) is 39.9 Å². The van der Waals surface area contributed by atoms with Gasteiger partial charge in [-0.1, -0.05) is 35.3 Å². The molecular formula is C17H19Cl4NO3. The maximum Gasteiger partial charge on any atom is 0.219 e. The molecule has 2 atom stereocenters. The zero-order valence-electron chi connectivity index (χ0n) is 14.1. The highest BCUT2D eigenvalue weighted by Crippen LogP contribution is 2.63. The van der Waals surface area contributed by atoms with Gasteiger partial charge < -0.3 is 14.2 Å². The van der Waals surface area contributed by atoms with E-state index in [1.165, 1.54) is 14.2 Å². The first kappa shape index (κ1) is 19.6. The van der Waals surface area contributed by atoms with Gasteiger partial charge in [-0.05, 0) is 17.7 Å². The van der Waals surface area contributed by atoms with Gasteiger partial charge in [0.1, 0.15) is 15.5 Å². The normalized spacial score (nSPS) is 31.5. The molecule has 1 aromatic carbocycles. The minimum Gasteiger partial charge on any atom is -0.497 e. The van der Waals surface area contributed by atoms with Crippen LogP contribution in [-0.2, 0) is 16.0 Å². The van der Waals surface area contributed by atoms with Crippen LogP contribution in [0.5, 0.6) is 5.75 Å². The Morgan fingerprint density at radius 3 is 1.80 bits per heavy atom. The molecule has 0 N–H and O–H groups in total. The average molecular weight is 427 g/mol. The van der Waals surface area contributed by atoms with Crippen molar-refractivity contribution in [1.29, 1.82) is 0 Å². The van der Waals surface area contributed by atoms with Gasteiger partial charge in [0, 0.05) is 33.9 Å². The van der Waals surface area contributed by atoms with Crippen LogP contribution in [0.2, 0.25) is 0 Å². The first-order chi connectivity index (χ1) is 11.8. The van der Waals surface area contributed by atoms with Crippen LogP contribution in [0.3, 0.4) is 0 Å². The molecule has 8 heteroatoms. The zero-order chi connectivity index (χ0) is 18.5. The van der Waals surface area contributed by atoms with Crippen LogP contribution < -0.4 is 4.74 Å². The van der Waals surface area contributed by atoms with Crippen molar-refractivity contribution >= 4 is 46.4 Å². The zero-order valence-corrected chi connectivity index (χ0v) is 17.1. The highest BCUT2D eigenvalue weighted by atomic mass is 35.5. The number of piperidine rings is 1. The first-order valence-corrected chi connectivity index (χ1v) is 9.19. The van der Waals surface area contributed by atoms with E-state index in [1.807, 2.05) is 24.3 Å². The van der Waals surface area contributed by atoms with Crippen LogP contribution in [0.15, 0.2) is 34.3 Å². The third-order valence-electron chi connectivity index (χ3n) is 4.96. The molecule has 2 unspecified atom stereocenters. The fourth-order valence-electron chi connectivity index (χ4n) is 3.80. The third-order valence-corrected chi connectivity index (χ3v) is 7.38. The lowest BCUT2D eigenvalue weighted by molar-refractivity contribution is -0.248. The summed E-state index contributed by atoms with van der Waals surface area (Å²) in [6, 6.07) is 7.81. The Balaban J connectivity index is 1.92. The van der Waals surface area contributed by atoms with Crippen molar-refractivity contribution in [1.82, 2.24) is 4.90 Å². The molecular weight excluding hydrogens is 408 g/mol. The molecule has 1 heterocycles. The Hall–Kier alpha value is -0.200. The summed E-state index contributed by atoms with van der Waals surface area (Å²) in [7, 11) is 4.63. The van der Waals surface area contributed by atoms with Crippen molar-refractivity contribution in [2.45, 2.75) is 22.1 Å². The topological polar surface area (TPSA) is 30.9 Å². The van der Waals surface area contributed by atoms with E-state index in [1.54, 1.807) is 7.11 Å². The summed E-state index contributed by atoms with van der Waals surface area (Å²) in [5.41, 5.74) is 1.09. The van der Waals surface area contributed by atoms with Crippen LogP contribution in [0, 0.1) is 0 Å². The number of nitrogens with zero attached hydrogens (tertiary/aromatic N) is 1. The molecule has 3 rings (SSSR count). The Morgan fingerprint density at radius 2 is 1.40 bits per heavy atom. The summed E-state index contributed by atoms with van der Waals surface area (Å²) in [5, 5.41) is 0.540. The number of benzene rings is 1. The van der Waals surface area contributed by atoms with Crippen LogP contribution in [0.25, 0.3) is 0 Å². The summed E-state index contributed by atoms with van der Waals surface area (Å²) < 4.78 is 16.5. The molecule has 138 valence electrons. The second-order valence-electron chi connectivity index (χ2n) is 6.25. The maximum absolute atomic E-state index is 6.90. The lowest BCUT2D eigenvalue weighted by atomic mass is 9.86. The quantitative estimate of drug-likeness (QED) is 0.522. The molecule has 2 aliphatic rings. The smallest absolute Gasteiger partial charge is 0.219 e. The van der Waals surface area contributed by atoms with E-state index in [9.17, 15) is 0 Å². The monoisotopic (exact) mass is 425 g/mol.